The van der Waals surface area contributed by atoms with Crippen LogP contribution in [0.25, 0.3) is 0 Å². The summed E-state index contributed by atoms with van der Waals surface area (Å²) in [6.07, 6.45) is 1.03. The zero-order valence-electron chi connectivity index (χ0n) is 9.05. The lowest BCUT2D eigenvalue weighted by Gasteiger charge is -2.08. The number of ether oxygens (including phenoxy) is 1. The summed E-state index contributed by atoms with van der Waals surface area (Å²) >= 11 is 5.22. The zero-order valence-corrected chi connectivity index (χ0v) is 9.80. The molecule has 0 aromatic heterocycles. The highest BCUT2D eigenvalue weighted by Crippen LogP contribution is 2.18. The van der Waals surface area contributed by atoms with E-state index in [9.17, 15) is 4.79 Å². The summed E-state index contributed by atoms with van der Waals surface area (Å²) < 4.78 is 5.53. The van der Waals surface area contributed by atoms with E-state index in [0.29, 0.717) is 19.4 Å². The second-order valence-electron chi connectivity index (χ2n) is 3.58. The first-order valence-electron chi connectivity index (χ1n) is 4.98. The molecule has 1 aromatic rings. The van der Waals surface area contributed by atoms with Gasteiger partial charge >= 0.3 is 0 Å². The maximum atomic E-state index is 10.5. The van der Waals surface area contributed by atoms with Gasteiger partial charge in [-0.15, -0.1) is 0 Å². The van der Waals surface area contributed by atoms with Crippen molar-refractivity contribution in [2.45, 2.75) is 26.7 Å². The van der Waals surface area contributed by atoms with Crippen molar-refractivity contribution in [2.24, 2.45) is 0 Å². The Labute approximate surface area is 95.2 Å². The van der Waals surface area contributed by atoms with E-state index in [0.717, 1.165) is 11.3 Å². The van der Waals surface area contributed by atoms with Crippen LogP contribution < -0.4 is 4.74 Å². The Morgan fingerprint density at radius 3 is 2.73 bits per heavy atom. The summed E-state index contributed by atoms with van der Waals surface area (Å²) in [5.74, 6) is 0.877. The maximum Gasteiger partial charge on any atom is 0.221 e. The third-order valence-electron chi connectivity index (χ3n) is 2.11. The SMILES string of the molecule is Cc1ccc(OCCCC(=O)Cl)c(C)c1. The topological polar surface area (TPSA) is 26.3 Å². The third kappa shape index (κ3) is 4.34. The molecule has 0 heterocycles. The molecule has 0 saturated heterocycles. The molecule has 15 heavy (non-hydrogen) atoms. The minimum absolute atomic E-state index is 0.306. The molecule has 0 N–H and O–H groups in total. The minimum atomic E-state index is -0.306. The summed E-state index contributed by atoms with van der Waals surface area (Å²) in [5, 5.41) is -0.306. The van der Waals surface area contributed by atoms with Crippen LogP contribution in [0, 0.1) is 13.8 Å². The van der Waals surface area contributed by atoms with Crippen molar-refractivity contribution >= 4 is 16.8 Å². The average Bonchev–Trinajstić information content (AvgIpc) is 2.14. The van der Waals surface area contributed by atoms with Gasteiger partial charge in [0.15, 0.2) is 0 Å². The van der Waals surface area contributed by atoms with Crippen LogP contribution in [0.5, 0.6) is 5.75 Å². The van der Waals surface area contributed by atoms with Gasteiger partial charge in [0.2, 0.25) is 5.24 Å². The van der Waals surface area contributed by atoms with Gasteiger partial charge in [-0.05, 0) is 43.5 Å². The van der Waals surface area contributed by atoms with E-state index in [1.54, 1.807) is 0 Å². The second-order valence-corrected chi connectivity index (χ2v) is 4.00. The van der Waals surface area contributed by atoms with Crippen molar-refractivity contribution in [1.82, 2.24) is 0 Å². The highest BCUT2D eigenvalue weighted by Gasteiger charge is 2.00. The Bertz CT molecular complexity index is 347. The molecule has 1 rings (SSSR count). The molecule has 0 aliphatic carbocycles. The van der Waals surface area contributed by atoms with Gasteiger partial charge in [0, 0.05) is 6.42 Å². The van der Waals surface area contributed by atoms with Gasteiger partial charge in [0.1, 0.15) is 5.75 Å². The monoisotopic (exact) mass is 226 g/mol. The maximum absolute atomic E-state index is 10.5. The van der Waals surface area contributed by atoms with Crippen LogP contribution in [0.4, 0.5) is 0 Å². The van der Waals surface area contributed by atoms with Crippen molar-refractivity contribution in [1.29, 1.82) is 0 Å². The lowest BCUT2D eigenvalue weighted by Crippen LogP contribution is -2.00. The van der Waals surface area contributed by atoms with Crippen LogP contribution >= 0.6 is 11.6 Å². The fraction of sp³-hybridized carbons (Fsp3) is 0.417. The first kappa shape index (κ1) is 12.1. The van der Waals surface area contributed by atoms with Gasteiger partial charge in [-0.1, -0.05) is 17.7 Å². The Hall–Kier alpha value is -1.02. The van der Waals surface area contributed by atoms with Crippen molar-refractivity contribution in [3.8, 4) is 5.75 Å². The van der Waals surface area contributed by atoms with E-state index in [2.05, 4.69) is 6.07 Å². The summed E-state index contributed by atoms with van der Waals surface area (Å²) in [5.41, 5.74) is 2.34. The molecule has 0 radical (unpaired) electrons. The van der Waals surface area contributed by atoms with Gasteiger partial charge in [0.25, 0.3) is 0 Å². The Morgan fingerprint density at radius 2 is 2.13 bits per heavy atom. The fourth-order valence-electron chi connectivity index (χ4n) is 1.35. The molecule has 0 spiro atoms. The summed E-state index contributed by atoms with van der Waals surface area (Å²) in [6, 6.07) is 6.03. The molecule has 0 amide bonds. The smallest absolute Gasteiger partial charge is 0.221 e. The molecule has 82 valence electrons. The van der Waals surface area contributed by atoms with Gasteiger partial charge in [-0.25, -0.2) is 0 Å². The molecular weight excluding hydrogens is 212 g/mol. The third-order valence-corrected chi connectivity index (χ3v) is 2.29. The van der Waals surface area contributed by atoms with E-state index in [-0.39, 0.29) is 5.24 Å². The second kappa shape index (κ2) is 5.76. The number of carbonyl (C=O) groups excluding carboxylic acids is 1. The van der Waals surface area contributed by atoms with Crippen LogP contribution in [-0.4, -0.2) is 11.8 Å². The number of benzene rings is 1. The molecule has 0 unspecified atom stereocenters. The van der Waals surface area contributed by atoms with Gasteiger partial charge < -0.3 is 4.74 Å². The number of hydrogen-bond donors (Lipinski definition) is 0. The molecule has 0 fully saturated rings. The van der Waals surface area contributed by atoms with E-state index >= 15 is 0 Å². The number of rotatable bonds is 5. The van der Waals surface area contributed by atoms with Crippen molar-refractivity contribution < 1.29 is 9.53 Å². The molecule has 0 aliphatic heterocycles. The highest BCUT2D eigenvalue weighted by atomic mass is 35.5. The number of aryl methyl sites for hydroxylation is 2. The zero-order chi connectivity index (χ0) is 11.3. The predicted octanol–water partition coefficient (Wildman–Crippen LogP) is 3.23. The molecule has 0 saturated carbocycles. The molecule has 1 aromatic carbocycles. The van der Waals surface area contributed by atoms with Crippen LogP contribution in [-0.2, 0) is 4.79 Å². The largest absolute Gasteiger partial charge is 0.493 e. The van der Waals surface area contributed by atoms with Crippen molar-refractivity contribution in [3.05, 3.63) is 29.3 Å². The molecule has 3 heteroatoms. The van der Waals surface area contributed by atoms with Crippen molar-refractivity contribution in [3.63, 3.8) is 0 Å². The first-order chi connectivity index (χ1) is 7.09. The lowest BCUT2D eigenvalue weighted by molar-refractivity contribution is -0.111. The van der Waals surface area contributed by atoms with Gasteiger partial charge in [-0.2, -0.15) is 0 Å². The van der Waals surface area contributed by atoms with Gasteiger partial charge in [0.05, 0.1) is 6.61 Å². The molecule has 0 aliphatic rings. The Balaban J connectivity index is 2.40. The fourth-order valence-corrected chi connectivity index (χ4v) is 1.49. The predicted molar refractivity (Wildman–Crippen MR) is 61.5 cm³/mol. The summed E-state index contributed by atoms with van der Waals surface area (Å²) in [4.78, 5) is 10.5. The standard InChI is InChI=1S/C12H15ClO2/c1-9-5-6-11(10(2)8-9)15-7-3-4-12(13)14/h5-6,8H,3-4,7H2,1-2H3. The normalized spacial score (nSPS) is 10.1. The highest BCUT2D eigenvalue weighted by molar-refractivity contribution is 6.63. The van der Waals surface area contributed by atoms with Gasteiger partial charge in [-0.3, -0.25) is 4.79 Å². The van der Waals surface area contributed by atoms with E-state index in [4.69, 9.17) is 16.3 Å². The average molecular weight is 227 g/mol. The number of carbonyl (C=O) groups is 1. The Morgan fingerprint density at radius 1 is 1.40 bits per heavy atom. The van der Waals surface area contributed by atoms with E-state index < -0.39 is 0 Å². The molecular formula is C12H15ClO2. The van der Waals surface area contributed by atoms with Crippen LogP contribution in [0.3, 0.4) is 0 Å². The molecule has 0 atom stereocenters. The van der Waals surface area contributed by atoms with Crippen LogP contribution in [0.15, 0.2) is 18.2 Å². The minimum Gasteiger partial charge on any atom is -0.493 e. The van der Waals surface area contributed by atoms with E-state index in [1.807, 2.05) is 26.0 Å². The van der Waals surface area contributed by atoms with Crippen molar-refractivity contribution in [2.75, 3.05) is 6.61 Å². The first-order valence-corrected chi connectivity index (χ1v) is 5.36. The molecule has 2 nitrogen and oxygen atoms in total. The summed E-state index contributed by atoms with van der Waals surface area (Å²) in [7, 11) is 0. The molecule has 0 bridgehead atoms. The number of hydrogen-bond acceptors (Lipinski definition) is 2. The van der Waals surface area contributed by atoms with E-state index in [1.165, 1.54) is 5.56 Å². The van der Waals surface area contributed by atoms with Crippen LogP contribution in [0.1, 0.15) is 24.0 Å². The Kier molecular flexibility index (Phi) is 4.63. The van der Waals surface area contributed by atoms with Crippen LogP contribution in [0.2, 0.25) is 0 Å². The lowest BCUT2D eigenvalue weighted by atomic mass is 10.1. The number of halogens is 1. The summed E-state index contributed by atoms with van der Waals surface area (Å²) in [6.45, 7) is 4.58. The quantitative estimate of drug-likeness (QED) is 0.569.